The standard InChI is InChI=1S/C20H21FN2O5/c1-3-22-20(26)23-18(24)17(14-7-5-4-6-8-14)28-19(25)13(2)27-16-11-9-15(21)10-12-16/h4-13,17H,3H2,1-2H3,(H2,22,23,24,26)/t13-,17-/m0/s1. The molecule has 7 nitrogen and oxygen atoms in total. The Morgan fingerprint density at radius 3 is 2.29 bits per heavy atom. The van der Waals surface area contributed by atoms with Crippen LogP contribution in [0.4, 0.5) is 9.18 Å². The van der Waals surface area contributed by atoms with E-state index in [2.05, 4.69) is 10.6 Å². The SMILES string of the molecule is CCNC(=O)NC(=O)[C@@H](OC(=O)[C@H](C)Oc1ccc(F)cc1)c1ccccc1. The lowest BCUT2D eigenvalue weighted by Gasteiger charge is -2.20. The Morgan fingerprint density at radius 1 is 1.04 bits per heavy atom. The number of imide groups is 1. The summed E-state index contributed by atoms with van der Waals surface area (Å²) in [6.45, 7) is 3.47. The minimum Gasteiger partial charge on any atom is -0.479 e. The molecule has 148 valence electrons. The second kappa shape index (κ2) is 10.1. The second-order valence-corrected chi connectivity index (χ2v) is 5.79. The van der Waals surface area contributed by atoms with Crippen molar-refractivity contribution in [3.63, 3.8) is 0 Å². The summed E-state index contributed by atoms with van der Waals surface area (Å²) in [7, 11) is 0. The molecule has 0 radical (unpaired) electrons. The van der Waals surface area contributed by atoms with Gasteiger partial charge in [0.1, 0.15) is 11.6 Å². The molecule has 0 spiro atoms. The Kier molecular flexibility index (Phi) is 7.50. The zero-order valence-corrected chi connectivity index (χ0v) is 15.5. The molecule has 0 saturated carbocycles. The van der Waals surface area contributed by atoms with Crippen molar-refractivity contribution in [1.29, 1.82) is 0 Å². The van der Waals surface area contributed by atoms with Crippen LogP contribution in [-0.4, -0.2) is 30.6 Å². The predicted molar refractivity (Wildman–Crippen MR) is 99.0 cm³/mol. The predicted octanol–water partition coefficient (Wildman–Crippen LogP) is 2.72. The van der Waals surface area contributed by atoms with E-state index in [1.165, 1.54) is 31.2 Å². The highest BCUT2D eigenvalue weighted by molar-refractivity contribution is 5.97. The van der Waals surface area contributed by atoms with E-state index in [0.29, 0.717) is 12.1 Å². The number of hydrogen-bond acceptors (Lipinski definition) is 5. The highest BCUT2D eigenvalue weighted by Gasteiger charge is 2.29. The number of ether oxygens (including phenoxy) is 2. The molecule has 2 atom stereocenters. The molecular formula is C20H21FN2O5. The molecule has 0 heterocycles. The van der Waals surface area contributed by atoms with Gasteiger partial charge in [-0.05, 0) is 38.1 Å². The number of halogens is 1. The van der Waals surface area contributed by atoms with E-state index in [1.54, 1.807) is 37.3 Å². The Hall–Kier alpha value is -3.42. The largest absolute Gasteiger partial charge is 0.479 e. The third-order valence-corrected chi connectivity index (χ3v) is 3.61. The smallest absolute Gasteiger partial charge is 0.348 e. The first kappa shape index (κ1) is 20.9. The van der Waals surface area contributed by atoms with Crippen LogP contribution in [0.15, 0.2) is 54.6 Å². The van der Waals surface area contributed by atoms with Gasteiger partial charge in [-0.2, -0.15) is 0 Å². The third kappa shape index (κ3) is 6.08. The van der Waals surface area contributed by atoms with Crippen molar-refractivity contribution in [2.75, 3.05) is 6.54 Å². The van der Waals surface area contributed by atoms with Crippen LogP contribution < -0.4 is 15.4 Å². The summed E-state index contributed by atoms with van der Waals surface area (Å²) in [6, 6.07) is 12.7. The second-order valence-electron chi connectivity index (χ2n) is 5.79. The molecular weight excluding hydrogens is 367 g/mol. The Morgan fingerprint density at radius 2 is 1.68 bits per heavy atom. The molecule has 2 N–H and O–H groups in total. The molecule has 2 rings (SSSR count). The zero-order valence-electron chi connectivity index (χ0n) is 15.5. The first-order chi connectivity index (χ1) is 13.4. The normalized spacial score (nSPS) is 12.4. The Bertz CT molecular complexity index is 811. The van der Waals surface area contributed by atoms with Crippen molar-refractivity contribution in [3.8, 4) is 5.75 Å². The van der Waals surface area contributed by atoms with E-state index in [-0.39, 0.29) is 5.75 Å². The summed E-state index contributed by atoms with van der Waals surface area (Å²) in [5, 5.41) is 4.56. The minimum absolute atomic E-state index is 0.272. The van der Waals surface area contributed by atoms with Gasteiger partial charge in [0.15, 0.2) is 6.10 Å². The summed E-state index contributed by atoms with van der Waals surface area (Å²) in [5.74, 6) is -1.77. The first-order valence-electron chi connectivity index (χ1n) is 8.67. The maximum atomic E-state index is 13.0. The molecule has 2 aromatic rings. The molecule has 0 fully saturated rings. The number of esters is 1. The summed E-state index contributed by atoms with van der Waals surface area (Å²) < 4.78 is 23.7. The molecule has 0 aliphatic rings. The topological polar surface area (TPSA) is 93.7 Å². The highest BCUT2D eigenvalue weighted by Crippen LogP contribution is 2.20. The number of urea groups is 1. The summed E-state index contributed by atoms with van der Waals surface area (Å²) in [5.41, 5.74) is 0.395. The zero-order chi connectivity index (χ0) is 20.5. The minimum atomic E-state index is -1.34. The van der Waals surface area contributed by atoms with E-state index in [9.17, 15) is 18.8 Å². The van der Waals surface area contributed by atoms with Crippen molar-refractivity contribution in [2.24, 2.45) is 0 Å². The fourth-order valence-corrected chi connectivity index (χ4v) is 2.26. The van der Waals surface area contributed by atoms with Gasteiger partial charge in [0, 0.05) is 12.1 Å². The number of carbonyl (C=O) groups excluding carboxylic acids is 3. The fourth-order valence-electron chi connectivity index (χ4n) is 2.26. The number of hydrogen-bond donors (Lipinski definition) is 2. The van der Waals surface area contributed by atoms with Gasteiger partial charge in [-0.3, -0.25) is 10.1 Å². The van der Waals surface area contributed by atoms with Gasteiger partial charge < -0.3 is 14.8 Å². The van der Waals surface area contributed by atoms with Crippen LogP contribution in [0.2, 0.25) is 0 Å². The fraction of sp³-hybridized carbons (Fsp3) is 0.250. The van der Waals surface area contributed by atoms with E-state index < -0.39 is 35.9 Å². The lowest BCUT2D eigenvalue weighted by Crippen LogP contribution is -2.43. The molecule has 0 aliphatic carbocycles. The lowest BCUT2D eigenvalue weighted by atomic mass is 10.1. The van der Waals surface area contributed by atoms with Gasteiger partial charge in [-0.25, -0.2) is 14.0 Å². The average molecular weight is 388 g/mol. The lowest BCUT2D eigenvalue weighted by molar-refractivity contribution is -0.162. The maximum absolute atomic E-state index is 13.0. The van der Waals surface area contributed by atoms with Gasteiger partial charge in [0.25, 0.3) is 5.91 Å². The number of rotatable bonds is 7. The number of carbonyl (C=O) groups is 3. The molecule has 8 heteroatoms. The van der Waals surface area contributed by atoms with Crippen LogP contribution in [0.1, 0.15) is 25.5 Å². The van der Waals surface area contributed by atoms with E-state index in [0.717, 1.165) is 0 Å². The van der Waals surface area contributed by atoms with Gasteiger partial charge >= 0.3 is 12.0 Å². The van der Waals surface area contributed by atoms with Crippen molar-refractivity contribution >= 4 is 17.9 Å². The van der Waals surface area contributed by atoms with Crippen LogP contribution >= 0.6 is 0 Å². The van der Waals surface area contributed by atoms with Crippen LogP contribution in [0.25, 0.3) is 0 Å². The number of amides is 3. The molecule has 0 saturated heterocycles. The monoisotopic (exact) mass is 388 g/mol. The molecule has 3 amide bonds. The van der Waals surface area contributed by atoms with Gasteiger partial charge in [-0.1, -0.05) is 30.3 Å². The molecule has 0 aromatic heterocycles. The quantitative estimate of drug-likeness (QED) is 0.712. The molecule has 0 aliphatic heterocycles. The van der Waals surface area contributed by atoms with E-state index >= 15 is 0 Å². The molecule has 28 heavy (non-hydrogen) atoms. The number of nitrogens with one attached hydrogen (secondary N) is 2. The maximum Gasteiger partial charge on any atom is 0.348 e. The van der Waals surface area contributed by atoms with Crippen molar-refractivity contribution < 1.29 is 28.2 Å². The van der Waals surface area contributed by atoms with Crippen molar-refractivity contribution in [3.05, 3.63) is 66.0 Å². The number of benzene rings is 2. The third-order valence-electron chi connectivity index (χ3n) is 3.61. The van der Waals surface area contributed by atoms with Crippen LogP contribution in [0.5, 0.6) is 5.75 Å². The Labute approximate surface area is 161 Å². The molecule has 0 unspecified atom stereocenters. The van der Waals surface area contributed by atoms with Gasteiger partial charge in [-0.15, -0.1) is 0 Å². The summed E-state index contributed by atoms with van der Waals surface area (Å²) in [4.78, 5) is 36.5. The Balaban J connectivity index is 2.10. The first-order valence-corrected chi connectivity index (χ1v) is 8.67. The summed E-state index contributed by atoms with van der Waals surface area (Å²) in [6.07, 6.45) is -2.40. The molecule has 2 aromatic carbocycles. The van der Waals surface area contributed by atoms with Crippen molar-refractivity contribution in [1.82, 2.24) is 10.6 Å². The summed E-state index contributed by atoms with van der Waals surface area (Å²) >= 11 is 0. The van der Waals surface area contributed by atoms with Crippen LogP contribution in [-0.2, 0) is 14.3 Å². The van der Waals surface area contributed by atoms with E-state index in [1.807, 2.05) is 0 Å². The van der Waals surface area contributed by atoms with Crippen LogP contribution in [0.3, 0.4) is 0 Å². The molecule has 0 bridgehead atoms. The van der Waals surface area contributed by atoms with Gasteiger partial charge in [0.2, 0.25) is 6.10 Å². The van der Waals surface area contributed by atoms with Gasteiger partial charge in [0.05, 0.1) is 0 Å². The van der Waals surface area contributed by atoms with E-state index in [4.69, 9.17) is 9.47 Å². The highest BCUT2D eigenvalue weighted by atomic mass is 19.1. The average Bonchev–Trinajstić information content (AvgIpc) is 2.68. The van der Waals surface area contributed by atoms with Crippen molar-refractivity contribution in [2.45, 2.75) is 26.1 Å². The van der Waals surface area contributed by atoms with Crippen LogP contribution in [0, 0.1) is 5.82 Å².